The predicted molar refractivity (Wildman–Crippen MR) is 71.8 cm³/mol. The van der Waals surface area contributed by atoms with E-state index in [1.165, 1.54) is 0 Å². The number of ether oxygens (including phenoxy) is 2. The minimum Gasteiger partial charge on any atom is -0.454 e. The van der Waals surface area contributed by atoms with Gasteiger partial charge in [-0.3, -0.25) is 0 Å². The first-order valence-corrected chi connectivity index (χ1v) is 7.92. The zero-order chi connectivity index (χ0) is 13.9. The van der Waals surface area contributed by atoms with E-state index in [0.717, 1.165) is 23.3 Å². The van der Waals surface area contributed by atoms with E-state index < -0.39 is 10.0 Å². The summed E-state index contributed by atoms with van der Waals surface area (Å²) in [4.78, 5) is 0. The standard InChI is InChI=1S/C12H18N2O4S/c1-9(13-5-6-14-19(2,15)16)10-3-4-11-12(7-10)18-8-17-11/h3-4,7,9,13-14H,5-6,8H2,1-2H3. The highest BCUT2D eigenvalue weighted by molar-refractivity contribution is 7.88. The van der Waals surface area contributed by atoms with Gasteiger partial charge in [0.25, 0.3) is 0 Å². The molecule has 1 aromatic carbocycles. The van der Waals surface area contributed by atoms with Crippen LogP contribution in [-0.2, 0) is 10.0 Å². The summed E-state index contributed by atoms with van der Waals surface area (Å²) in [6.45, 7) is 3.20. The van der Waals surface area contributed by atoms with Gasteiger partial charge in [0, 0.05) is 19.1 Å². The second kappa shape index (κ2) is 5.77. The van der Waals surface area contributed by atoms with Crippen molar-refractivity contribution in [2.24, 2.45) is 0 Å². The monoisotopic (exact) mass is 286 g/mol. The molecule has 6 nitrogen and oxygen atoms in total. The van der Waals surface area contributed by atoms with E-state index in [-0.39, 0.29) is 12.8 Å². The van der Waals surface area contributed by atoms with Gasteiger partial charge in [-0.25, -0.2) is 13.1 Å². The molecule has 1 aliphatic rings. The molecule has 0 saturated carbocycles. The topological polar surface area (TPSA) is 76.7 Å². The fourth-order valence-corrected chi connectivity index (χ4v) is 2.30. The van der Waals surface area contributed by atoms with Gasteiger partial charge in [-0.2, -0.15) is 0 Å². The average Bonchev–Trinajstić information content (AvgIpc) is 2.80. The van der Waals surface area contributed by atoms with Crippen LogP contribution in [0.3, 0.4) is 0 Å². The Labute approximate surface area is 113 Å². The molecule has 0 fully saturated rings. The van der Waals surface area contributed by atoms with Gasteiger partial charge in [-0.05, 0) is 24.6 Å². The highest BCUT2D eigenvalue weighted by Gasteiger charge is 2.15. The Morgan fingerprint density at radius 2 is 2.00 bits per heavy atom. The van der Waals surface area contributed by atoms with E-state index in [1.807, 2.05) is 25.1 Å². The van der Waals surface area contributed by atoms with E-state index in [9.17, 15) is 8.42 Å². The number of sulfonamides is 1. The van der Waals surface area contributed by atoms with E-state index in [2.05, 4.69) is 10.0 Å². The molecule has 2 N–H and O–H groups in total. The quantitative estimate of drug-likeness (QED) is 0.750. The van der Waals surface area contributed by atoms with Crippen LogP contribution in [0.25, 0.3) is 0 Å². The number of rotatable bonds is 6. The van der Waals surface area contributed by atoms with Crippen molar-refractivity contribution < 1.29 is 17.9 Å². The van der Waals surface area contributed by atoms with Gasteiger partial charge in [-0.1, -0.05) is 6.07 Å². The Bertz CT molecular complexity index is 545. The molecule has 0 amide bonds. The van der Waals surface area contributed by atoms with E-state index >= 15 is 0 Å². The number of hydrogen-bond donors (Lipinski definition) is 2. The summed E-state index contributed by atoms with van der Waals surface area (Å²) in [7, 11) is -3.12. The Morgan fingerprint density at radius 3 is 2.74 bits per heavy atom. The third-order valence-corrected chi connectivity index (χ3v) is 3.56. The Morgan fingerprint density at radius 1 is 1.26 bits per heavy atom. The van der Waals surface area contributed by atoms with Crippen molar-refractivity contribution in [3.8, 4) is 11.5 Å². The van der Waals surface area contributed by atoms with Crippen LogP contribution in [0.4, 0.5) is 0 Å². The van der Waals surface area contributed by atoms with Gasteiger partial charge in [-0.15, -0.1) is 0 Å². The summed E-state index contributed by atoms with van der Waals surface area (Å²) in [5, 5.41) is 3.24. The molecule has 2 rings (SSSR count). The molecule has 1 heterocycles. The lowest BCUT2D eigenvalue weighted by Crippen LogP contribution is -2.32. The van der Waals surface area contributed by atoms with Gasteiger partial charge in [0.05, 0.1) is 6.26 Å². The van der Waals surface area contributed by atoms with Crippen molar-refractivity contribution in [2.45, 2.75) is 13.0 Å². The molecule has 1 atom stereocenters. The van der Waals surface area contributed by atoms with Crippen molar-refractivity contribution >= 4 is 10.0 Å². The zero-order valence-electron chi connectivity index (χ0n) is 11.0. The number of benzene rings is 1. The second-order valence-electron chi connectivity index (χ2n) is 4.46. The maximum absolute atomic E-state index is 10.9. The van der Waals surface area contributed by atoms with Crippen LogP contribution in [-0.4, -0.2) is 34.6 Å². The zero-order valence-corrected chi connectivity index (χ0v) is 11.8. The molecule has 0 bridgehead atoms. The van der Waals surface area contributed by atoms with Crippen LogP contribution in [0.1, 0.15) is 18.5 Å². The largest absolute Gasteiger partial charge is 0.454 e. The molecular weight excluding hydrogens is 268 g/mol. The predicted octanol–water partition coefficient (Wildman–Crippen LogP) is 0.615. The van der Waals surface area contributed by atoms with Crippen LogP contribution in [0.15, 0.2) is 18.2 Å². The molecule has 7 heteroatoms. The average molecular weight is 286 g/mol. The van der Waals surface area contributed by atoms with E-state index in [0.29, 0.717) is 13.1 Å². The summed E-state index contributed by atoms with van der Waals surface area (Å²) in [6, 6.07) is 5.89. The van der Waals surface area contributed by atoms with Crippen molar-refractivity contribution in [1.29, 1.82) is 0 Å². The molecule has 1 aromatic rings. The number of fused-ring (bicyclic) bond motifs is 1. The molecule has 0 aliphatic carbocycles. The number of hydrogen-bond acceptors (Lipinski definition) is 5. The first kappa shape index (κ1) is 14.1. The summed E-state index contributed by atoms with van der Waals surface area (Å²) in [6.07, 6.45) is 1.15. The SMILES string of the molecule is CC(NCCNS(C)(=O)=O)c1ccc2c(c1)OCO2. The summed E-state index contributed by atoms with van der Waals surface area (Å²) in [5.74, 6) is 1.51. The van der Waals surface area contributed by atoms with Crippen LogP contribution in [0.5, 0.6) is 11.5 Å². The maximum Gasteiger partial charge on any atom is 0.231 e. The minimum absolute atomic E-state index is 0.107. The normalized spacial score (nSPS) is 15.5. The van der Waals surface area contributed by atoms with Crippen molar-refractivity contribution in [3.63, 3.8) is 0 Å². The van der Waals surface area contributed by atoms with E-state index in [4.69, 9.17) is 9.47 Å². The molecule has 1 aliphatic heterocycles. The lowest BCUT2D eigenvalue weighted by atomic mass is 10.1. The molecule has 0 spiro atoms. The first-order valence-electron chi connectivity index (χ1n) is 6.03. The Kier molecular flexibility index (Phi) is 4.28. The molecule has 0 radical (unpaired) electrons. The summed E-state index contributed by atoms with van der Waals surface area (Å²) in [5.41, 5.74) is 1.07. The van der Waals surface area contributed by atoms with Gasteiger partial charge < -0.3 is 14.8 Å². The lowest BCUT2D eigenvalue weighted by Gasteiger charge is -2.14. The highest BCUT2D eigenvalue weighted by atomic mass is 32.2. The molecule has 0 saturated heterocycles. The molecule has 0 aromatic heterocycles. The Hall–Kier alpha value is -1.31. The van der Waals surface area contributed by atoms with Crippen molar-refractivity contribution in [3.05, 3.63) is 23.8 Å². The van der Waals surface area contributed by atoms with Crippen LogP contribution in [0, 0.1) is 0 Å². The molecule has 1 unspecified atom stereocenters. The van der Waals surface area contributed by atoms with E-state index in [1.54, 1.807) is 0 Å². The van der Waals surface area contributed by atoms with Gasteiger partial charge in [0.2, 0.25) is 16.8 Å². The fourth-order valence-electron chi connectivity index (χ4n) is 1.83. The smallest absolute Gasteiger partial charge is 0.231 e. The highest BCUT2D eigenvalue weighted by Crippen LogP contribution is 2.33. The van der Waals surface area contributed by atoms with Gasteiger partial charge in [0.15, 0.2) is 11.5 Å². The van der Waals surface area contributed by atoms with Gasteiger partial charge in [0.1, 0.15) is 0 Å². The Balaban J connectivity index is 1.85. The molecular formula is C12H18N2O4S. The minimum atomic E-state index is -3.12. The van der Waals surface area contributed by atoms with Crippen LogP contribution < -0.4 is 19.5 Å². The summed E-state index contributed by atoms with van der Waals surface area (Å²) >= 11 is 0. The van der Waals surface area contributed by atoms with Gasteiger partial charge >= 0.3 is 0 Å². The second-order valence-corrected chi connectivity index (χ2v) is 6.29. The fraction of sp³-hybridized carbons (Fsp3) is 0.500. The molecule has 19 heavy (non-hydrogen) atoms. The van der Waals surface area contributed by atoms with Crippen LogP contribution >= 0.6 is 0 Å². The maximum atomic E-state index is 10.9. The third-order valence-electron chi connectivity index (χ3n) is 2.84. The number of nitrogens with one attached hydrogen (secondary N) is 2. The van der Waals surface area contributed by atoms with Crippen molar-refractivity contribution in [2.75, 3.05) is 26.1 Å². The first-order chi connectivity index (χ1) is 8.96. The lowest BCUT2D eigenvalue weighted by molar-refractivity contribution is 0.174. The van der Waals surface area contributed by atoms with Crippen LogP contribution in [0.2, 0.25) is 0 Å². The third kappa shape index (κ3) is 4.09. The molecule has 106 valence electrons. The van der Waals surface area contributed by atoms with Crippen molar-refractivity contribution in [1.82, 2.24) is 10.0 Å². The summed E-state index contributed by atoms with van der Waals surface area (Å²) < 4.78 is 34.8.